The Bertz CT molecular complexity index is 476. The van der Waals surface area contributed by atoms with Gasteiger partial charge in [0.25, 0.3) is 0 Å². The van der Waals surface area contributed by atoms with Crippen LogP contribution < -0.4 is 10.6 Å². The van der Waals surface area contributed by atoms with Crippen molar-refractivity contribution in [3.63, 3.8) is 0 Å². The molecule has 0 saturated heterocycles. The van der Waals surface area contributed by atoms with E-state index in [0.29, 0.717) is 6.42 Å². The van der Waals surface area contributed by atoms with Gasteiger partial charge in [-0.1, -0.05) is 31.4 Å². The van der Waals surface area contributed by atoms with E-state index in [4.69, 9.17) is 0 Å². The van der Waals surface area contributed by atoms with Gasteiger partial charge in [0.1, 0.15) is 0 Å². The molecule has 0 bridgehead atoms. The lowest BCUT2D eigenvalue weighted by Crippen LogP contribution is -2.47. The zero-order chi connectivity index (χ0) is 14.6. The van der Waals surface area contributed by atoms with Crippen LogP contribution in [0, 0.1) is 13.8 Å². The predicted octanol–water partition coefficient (Wildman–Crippen LogP) is 3.55. The SMILES string of the molecule is CNC1(CC(=O)Nc2cccc(C)c2C)CCCCC1. The number of hydrogen-bond donors (Lipinski definition) is 2. The van der Waals surface area contributed by atoms with E-state index < -0.39 is 0 Å². The average Bonchev–Trinajstić information content (AvgIpc) is 2.45. The Morgan fingerprint density at radius 2 is 1.90 bits per heavy atom. The summed E-state index contributed by atoms with van der Waals surface area (Å²) < 4.78 is 0. The van der Waals surface area contributed by atoms with Crippen molar-refractivity contribution >= 4 is 11.6 Å². The Balaban J connectivity index is 2.03. The Morgan fingerprint density at radius 3 is 2.55 bits per heavy atom. The maximum absolute atomic E-state index is 12.4. The monoisotopic (exact) mass is 274 g/mol. The molecular formula is C17H26N2O. The van der Waals surface area contributed by atoms with Gasteiger partial charge >= 0.3 is 0 Å². The third-order valence-electron chi connectivity index (χ3n) is 4.72. The van der Waals surface area contributed by atoms with Gasteiger partial charge in [0.15, 0.2) is 0 Å². The van der Waals surface area contributed by atoms with Gasteiger partial charge in [-0.3, -0.25) is 4.79 Å². The van der Waals surface area contributed by atoms with Crippen LogP contribution >= 0.6 is 0 Å². The second-order valence-electron chi connectivity index (χ2n) is 6.06. The van der Waals surface area contributed by atoms with E-state index in [2.05, 4.69) is 30.5 Å². The fourth-order valence-electron chi connectivity index (χ4n) is 3.13. The minimum atomic E-state index is 0.0000626. The van der Waals surface area contributed by atoms with E-state index in [1.165, 1.54) is 24.8 Å². The molecule has 0 aliphatic heterocycles. The van der Waals surface area contributed by atoms with E-state index in [9.17, 15) is 4.79 Å². The first-order valence-electron chi connectivity index (χ1n) is 7.61. The number of aryl methyl sites for hydroxylation is 1. The van der Waals surface area contributed by atoms with Gasteiger partial charge in [-0.15, -0.1) is 0 Å². The first-order chi connectivity index (χ1) is 9.56. The molecule has 1 aromatic rings. The molecule has 0 spiro atoms. The Hall–Kier alpha value is -1.35. The highest BCUT2D eigenvalue weighted by Crippen LogP contribution is 2.31. The van der Waals surface area contributed by atoms with Crippen LogP contribution in [-0.2, 0) is 4.79 Å². The number of anilines is 1. The van der Waals surface area contributed by atoms with Gasteiger partial charge in [0.05, 0.1) is 0 Å². The highest BCUT2D eigenvalue weighted by atomic mass is 16.1. The van der Waals surface area contributed by atoms with Crippen LogP contribution in [-0.4, -0.2) is 18.5 Å². The summed E-state index contributed by atoms with van der Waals surface area (Å²) in [4.78, 5) is 12.4. The van der Waals surface area contributed by atoms with E-state index in [0.717, 1.165) is 24.1 Å². The molecular weight excluding hydrogens is 248 g/mol. The summed E-state index contributed by atoms with van der Waals surface area (Å²) in [6.07, 6.45) is 6.50. The highest BCUT2D eigenvalue weighted by molar-refractivity contribution is 5.92. The molecule has 1 amide bonds. The molecule has 0 atom stereocenters. The minimum absolute atomic E-state index is 0.0000626. The molecule has 1 fully saturated rings. The van der Waals surface area contributed by atoms with Gasteiger partial charge in [-0.2, -0.15) is 0 Å². The van der Waals surface area contributed by atoms with Crippen molar-refractivity contribution in [3.05, 3.63) is 29.3 Å². The van der Waals surface area contributed by atoms with Crippen LogP contribution in [0.1, 0.15) is 49.7 Å². The van der Waals surface area contributed by atoms with E-state index >= 15 is 0 Å². The molecule has 1 aliphatic rings. The number of carbonyl (C=O) groups excluding carboxylic acids is 1. The van der Waals surface area contributed by atoms with Crippen LogP contribution in [0.15, 0.2) is 18.2 Å². The summed E-state index contributed by atoms with van der Waals surface area (Å²) in [5.74, 6) is 0.120. The van der Waals surface area contributed by atoms with Gasteiger partial charge in [0.2, 0.25) is 5.91 Å². The lowest BCUT2D eigenvalue weighted by molar-refractivity contribution is -0.117. The summed E-state index contributed by atoms with van der Waals surface area (Å²) in [5.41, 5.74) is 3.31. The topological polar surface area (TPSA) is 41.1 Å². The summed E-state index contributed by atoms with van der Waals surface area (Å²) in [7, 11) is 1.98. The standard InChI is InChI=1S/C17H26N2O/c1-13-8-7-9-15(14(13)2)19-16(20)12-17(18-3)10-5-4-6-11-17/h7-9,18H,4-6,10-12H2,1-3H3,(H,19,20). The molecule has 0 heterocycles. The third kappa shape index (κ3) is 3.40. The maximum atomic E-state index is 12.4. The van der Waals surface area contributed by atoms with Crippen LogP contribution in [0.4, 0.5) is 5.69 Å². The zero-order valence-corrected chi connectivity index (χ0v) is 12.9. The predicted molar refractivity (Wildman–Crippen MR) is 84.0 cm³/mol. The molecule has 2 N–H and O–H groups in total. The molecule has 1 saturated carbocycles. The molecule has 1 aromatic carbocycles. The van der Waals surface area contributed by atoms with Crippen molar-refractivity contribution in [2.45, 2.75) is 57.9 Å². The molecule has 0 radical (unpaired) electrons. The second-order valence-corrected chi connectivity index (χ2v) is 6.06. The number of carbonyl (C=O) groups is 1. The van der Waals surface area contributed by atoms with Crippen molar-refractivity contribution in [2.75, 3.05) is 12.4 Å². The van der Waals surface area contributed by atoms with Crippen molar-refractivity contribution in [1.82, 2.24) is 5.32 Å². The number of hydrogen-bond acceptors (Lipinski definition) is 2. The molecule has 0 unspecified atom stereocenters. The fraction of sp³-hybridized carbons (Fsp3) is 0.588. The molecule has 2 rings (SSSR count). The maximum Gasteiger partial charge on any atom is 0.226 e. The largest absolute Gasteiger partial charge is 0.326 e. The molecule has 110 valence electrons. The number of amides is 1. The Kier molecular flexibility index (Phi) is 4.81. The summed E-state index contributed by atoms with van der Waals surface area (Å²) >= 11 is 0. The van der Waals surface area contributed by atoms with Crippen molar-refractivity contribution in [3.8, 4) is 0 Å². The fourth-order valence-corrected chi connectivity index (χ4v) is 3.13. The van der Waals surface area contributed by atoms with Crippen LogP contribution in [0.25, 0.3) is 0 Å². The van der Waals surface area contributed by atoms with Crippen molar-refractivity contribution in [1.29, 1.82) is 0 Å². The van der Waals surface area contributed by atoms with Gasteiger partial charge in [-0.05, 0) is 50.9 Å². The first-order valence-corrected chi connectivity index (χ1v) is 7.61. The van der Waals surface area contributed by atoms with Crippen LogP contribution in [0.2, 0.25) is 0 Å². The average molecular weight is 274 g/mol. The lowest BCUT2D eigenvalue weighted by atomic mass is 9.79. The van der Waals surface area contributed by atoms with Gasteiger partial charge in [-0.25, -0.2) is 0 Å². The first kappa shape index (κ1) is 15.0. The summed E-state index contributed by atoms with van der Waals surface area (Å²) in [6, 6.07) is 6.04. The number of benzene rings is 1. The second kappa shape index (κ2) is 6.40. The quantitative estimate of drug-likeness (QED) is 0.881. The summed E-state index contributed by atoms with van der Waals surface area (Å²) in [5, 5.41) is 6.48. The van der Waals surface area contributed by atoms with Gasteiger partial charge < -0.3 is 10.6 Å². The number of rotatable bonds is 4. The minimum Gasteiger partial charge on any atom is -0.326 e. The van der Waals surface area contributed by atoms with Crippen LogP contribution in [0.3, 0.4) is 0 Å². The smallest absolute Gasteiger partial charge is 0.226 e. The van der Waals surface area contributed by atoms with Crippen LogP contribution in [0.5, 0.6) is 0 Å². The Morgan fingerprint density at radius 1 is 1.20 bits per heavy atom. The van der Waals surface area contributed by atoms with Crippen molar-refractivity contribution in [2.24, 2.45) is 0 Å². The molecule has 0 aromatic heterocycles. The zero-order valence-electron chi connectivity index (χ0n) is 12.9. The van der Waals surface area contributed by atoms with E-state index in [-0.39, 0.29) is 11.4 Å². The molecule has 3 heteroatoms. The number of nitrogens with one attached hydrogen (secondary N) is 2. The lowest BCUT2D eigenvalue weighted by Gasteiger charge is -2.36. The molecule has 3 nitrogen and oxygen atoms in total. The van der Waals surface area contributed by atoms with Gasteiger partial charge in [0, 0.05) is 17.6 Å². The highest BCUT2D eigenvalue weighted by Gasteiger charge is 2.32. The van der Waals surface area contributed by atoms with Crippen molar-refractivity contribution < 1.29 is 4.79 Å². The Labute approximate surface area is 122 Å². The van der Waals surface area contributed by atoms with E-state index in [1.54, 1.807) is 0 Å². The summed E-state index contributed by atoms with van der Waals surface area (Å²) in [6.45, 7) is 4.13. The third-order valence-corrected chi connectivity index (χ3v) is 4.72. The van der Waals surface area contributed by atoms with E-state index in [1.807, 2.05) is 19.2 Å². The molecule has 1 aliphatic carbocycles. The molecule has 20 heavy (non-hydrogen) atoms. The normalized spacial score (nSPS) is 17.8.